The van der Waals surface area contributed by atoms with Gasteiger partial charge in [0.25, 0.3) is 0 Å². The number of nitro groups is 2. The van der Waals surface area contributed by atoms with Gasteiger partial charge in [0, 0.05) is 0 Å². The molecule has 0 unspecified atom stereocenters. The molecular formula is C4H4N4O4. The monoisotopic (exact) mass is 172 g/mol. The molecule has 0 bridgehead atoms. The summed E-state index contributed by atoms with van der Waals surface area (Å²) in [6.45, 7) is 0. The maximum atomic E-state index is 10.1. The lowest BCUT2D eigenvalue weighted by Crippen LogP contribution is -2.27. The average molecular weight is 172 g/mol. The van der Waals surface area contributed by atoms with Crippen molar-refractivity contribution in [3.8, 4) is 0 Å². The molecule has 1 aliphatic heterocycles. The Morgan fingerprint density at radius 1 is 0.833 bits per heavy atom. The minimum Gasteiger partial charge on any atom is -0.234 e. The molecule has 0 spiro atoms. The molecule has 0 radical (unpaired) electrons. The first-order valence-corrected chi connectivity index (χ1v) is 2.83. The molecule has 0 aromatic heterocycles. The Morgan fingerprint density at radius 2 is 1.08 bits per heavy atom. The second kappa shape index (κ2) is 2.86. The Labute approximate surface area is 66.2 Å². The van der Waals surface area contributed by atoms with Crippen LogP contribution in [-0.2, 0) is 0 Å². The van der Waals surface area contributed by atoms with Crippen molar-refractivity contribution in [3.63, 3.8) is 0 Å². The van der Waals surface area contributed by atoms with E-state index in [0.717, 1.165) is 24.8 Å². The Hall–Kier alpha value is -2.12. The van der Waals surface area contributed by atoms with Crippen molar-refractivity contribution < 1.29 is 10.1 Å². The summed E-state index contributed by atoms with van der Waals surface area (Å²) < 4.78 is 0. The maximum absolute atomic E-state index is 10.1. The highest BCUT2D eigenvalue weighted by Crippen LogP contribution is 2.03. The van der Waals surface area contributed by atoms with Crippen molar-refractivity contribution in [3.05, 3.63) is 45.0 Å². The van der Waals surface area contributed by atoms with Crippen molar-refractivity contribution in [2.75, 3.05) is 0 Å². The Kier molecular flexibility index (Phi) is 1.90. The van der Waals surface area contributed by atoms with E-state index >= 15 is 0 Å². The molecular weight excluding hydrogens is 168 g/mol. The van der Waals surface area contributed by atoms with Crippen LogP contribution in [0.1, 0.15) is 0 Å². The van der Waals surface area contributed by atoms with Crippen LogP contribution >= 0.6 is 0 Å². The molecule has 0 atom stereocenters. The standard InChI is InChI=1S/C4H4N4O4/c9-7(10)5-1-2-6(4-3-5)8(11)12/h1-4H. The van der Waals surface area contributed by atoms with Gasteiger partial charge in [-0.2, -0.15) is 0 Å². The summed E-state index contributed by atoms with van der Waals surface area (Å²) in [5.74, 6) is 0. The summed E-state index contributed by atoms with van der Waals surface area (Å²) in [4.78, 5) is 20.1. The molecule has 0 saturated heterocycles. The van der Waals surface area contributed by atoms with Crippen LogP contribution in [0.5, 0.6) is 0 Å². The zero-order valence-corrected chi connectivity index (χ0v) is 5.73. The molecule has 1 aliphatic rings. The molecule has 1 rings (SSSR count). The lowest BCUT2D eigenvalue weighted by Gasteiger charge is -2.10. The highest BCUT2D eigenvalue weighted by molar-refractivity contribution is 4.93. The van der Waals surface area contributed by atoms with Crippen LogP contribution in [0, 0.1) is 20.2 Å². The third-order valence-corrected chi connectivity index (χ3v) is 1.12. The molecule has 0 amide bonds. The van der Waals surface area contributed by atoms with Gasteiger partial charge in [-0.25, -0.2) is 20.2 Å². The minimum atomic E-state index is -0.704. The van der Waals surface area contributed by atoms with Gasteiger partial charge < -0.3 is 0 Å². The summed E-state index contributed by atoms with van der Waals surface area (Å²) >= 11 is 0. The number of hydrazine groups is 2. The van der Waals surface area contributed by atoms with Crippen LogP contribution < -0.4 is 0 Å². The van der Waals surface area contributed by atoms with E-state index in [9.17, 15) is 20.2 Å². The fourth-order valence-electron chi connectivity index (χ4n) is 0.590. The van der Waals surface area contributed by atoms with Crippen LogP contribution in [-0.4, -0.2) is 20.1 Å². The second-order valence-corrected chi connectivity index (χ2v) is 1.83. The predicted octanol–water partition coefficient (Wildman–Crippen LogP) is -0.0702. The van der Waals surface area contributed by atoms with E-state index in [0.29, 0.717) is 10.0 Å². The molecule has 0 N–H and O–H groups in total. The van der Waals surface area contributed by atoms with E-state index in [1.165, 1.54) is 0 Å². The fraction of sp³-hybridized carbons (Fsp3) is 0. The largest absolute Gasteiger partial charge is 0.234 e. The average Bonchev–Trinajstić information content (AvgIpc) is 2.04. The van der Waals surface area contributed by atoms with Crippen molar-refractivity contribution in [1.29, 1.82) is 0 Å². The summed E-state index contributed by atoms with van der Waals surface area (Å²) in [5.41, 5.74) is 0. The number of nitrogens with zero attached hydrogens (tertiary/aromatic N) is 4. The molecule has 64 valence electrons. The summed E-state index contributed by atoms with van der Waals surface area (Å²) in [6.07, 6.45) is 3.90. The van der Waals surface area contributed by atoms with Gasteiger partial charge in [0.2, 0.25) is 0 Å². The number of rotatable bonds is 2. The van der Waals surface area contributed by atoms with Crippen molar-refractivity contribution >= 4 is 0 Å². The fourth-order valence-corrected chi connectivity index (χ4v) is 0.590. The van der Waals surface area contributed by atoms with E-state index in [2.05, 4.69) is 0 Å². The SMILES string of the molecule is O=[N+]([O-])N1C=CN([N+](=O)[O-])C=C1. The first kappa shape index (κ1) is 7.98. The Balaban J connectivity index is 2.66. The van der Waals surface area contributed by atoms with Gasteiger partial charge in [-0.1, -0.05) is 10.0 Å². The molecule has 0 aromatic rings. The van der Waals surface area contributed by atoms with Crippen LogP contribution in [0.3, 0.4) is 0 Å². The molecule has 0 saturated carbocycles. The third-order valence-electron chi connectivity index (χ3n) is 1.12. The van der Waals surface area contributed by atoms with E-state index in [-0.39, 0.29) is 0 Å². The van der Waals surface area contributed by atoms with Crippen LogP contribution in [0.25, 0.3) is 0 Å². The van der Waals surface area contributed by atoms with Gasteiger partial charge in [-0.05, 0) is 0 Å². The zero-order chi connectivity index (χ0) is 9.14. The minimum absolute atomic E-state index is 0.611. The normalized spacial score (nSPS) is 15.0. The van der Waals surface area contributed by atoms with Crippen molar-refractivity contribution in [2.45, 2.75) is 0 Å². The molecule has 0 aromatic carbocycles. The van der Waals surface area contributed by atoms with Crippen LogP contribution in [0.4, 0.5) is 0 Å². The molecule has 0 fully saturated rings. The number of hydrogen-bond donors (Lipinski definition) is 0. The quantitative estimate of drug-likeness (QED) is 0.427. The number of hydrogen-bond acceptors (Lipinski definition) is 4. The summed E-state index contributed by atoms with van der Waals surface area (Å²) in [7, 11) is 0. The van der Waals surface area contributed by atoms with Gasteiger partial charge in [-0.3, -0.25) is 0 Å². The van der Waals surface area contributed by atoms with Gasteiger partial charge in [-0.15, -0.1) is 0 Å². The summed E-state index contributed by atoms with van der Waals surface area (Å²) in [5, 5.41) is 20.0. The smallest absolute Gasteiger partial charge is 0.169 e. The molecule has 8 heteroatoms. The molecule has 8 nitrogen and oxygen atoms in total. The van der Waals surface area contributed by atoms with Gasteiger partial charge in [0.1, 0.15) is 0 Å². The zero-order valence-electron chi connectivity index (χ0n) is 5.73. The highest BCUT2D eigenvalue weighted by Gasteiger charge is 2.16. The molecule has 0 aliphatic carbocycles. The lowest BCUT2D eigenvalue weighted by atomic mass is 10.6. The highest BCUT2D eigenvalue weighted by atomic mass is 16.7. The first-order valence-electron chi connectivity index (χ1n) is 2.83. The van der Waals surface area contributed by atoms with E-state index in [1.54, 1.807) is 0 Å². The van der Waals surface area contributed by atoms with Crippen LogP contribution in [0.15, 0.2) is 24.8 Å². The van der Waals surface area contributed by atoms with E-state index in [4.69, 9.17) is 0 Å². The van der Waals surface area contributed by atoms with Crippen LogP contribution in [0.2, 0.25) is 0 Å². The predicted molar refractivity (Wildman–Crippen MR) is 35.9 cm³/mol. The Bertz CT molecular complexity index is 232. The van der Waals surface area contributed by atoms with Gasteiger partial charge >= 0.3 is 0 Å². The van der Waals surface area contributed by atoms with E-state index in [1.807, 2.05) is 0 Å². The first-order chi connectivity index (χ1) is 5.61. The summed E-state index contributed by atoms with van der Waals surface area (Å²) in [6, 6.07) is 0. The molecule has 12 heavy (non-hydrogen) atoms. The molecule has 1 heterocycles. The lowest BCUT2D eigenvalue weighted by molar-refractivity contribution is -0.640. The topological polar surface area (TPSA) is 92.8 Å². The van der Waals surface area contributed by atoms with Gasteiger partial charge in [0.15, 0.2) is 10.1 Å². The van der Waals surface area contributed by atoms with Gasteiger partial charge in [0.05, 0.1) is 24.8 Å². The van der Waals surface area contributed by atoms with Crippen molar-refractivity contribution in [1.82, 2.24) is 10.0 Å². The van der Waals surface area contributed by atoms with E-state index < -0.39 is 10.1 Å². The second-order valence-electron chi connectivity index (χ2n) is 1.83. The maximum Gasteiger partial charge on any atom is 0.169 e. The van der Waals surface area contributed by atoms with Crippen molar-refractivity contribution in [2.24, 2.45) is 0 Å². The third kappa shape index (κ3) is 1.48. The Morgan fingerprint density at radius 3 is 1.25 bits per heavy atom.